The predicted molar refractivity (Wildman–Crippen MR) is 111 cm³/mol. The molecule has 28 heavy (non-hydrogen) atoms. The van der Waals surface area contributed by atoms with Gasteiger partial charge in [0.15, 0.2) is 0 Å². The first-order valence-corrected chi connectivity index (χ1v) is 11.0. The van der Waals surface area contributed by atoms with E-state index in [1.165, 1.54) is 16.0 Å². The molecule has 1 fully saturated rings. The summed E-state index contributed by atoms with van der Waals surface area (Å²) in [7, 11) is 0. The van der Waals surface area contributed by atoms with Crippen LogP contribution in [0.2, 0.25) is 0 Å². The minimum absolute atomic E-state index is 0.0802. The van der Waals surface area contributed by atoms with Gasteiger partial charge in [0, 0.05) is 30.6 Å². The van der Waals surface area contributed by atoms with E-state index >= 15 is 0 Å². The first-order chi connectivity index (χ1) is 13.7. The van der Waals surface area contributed by atoms with Crippen molar-refractivity contribution in [3.05, 3.63) is 57.8 Å². The normalized spacial score (nSPS) is 18.4. The lowest BCUT2D eigenvalue weighted by molar-refractivity contribution is -0.139. The Morgan fingerprint density at radius 2 is 1.86 bits per heavy atom. The van der Waals surface area contributed by atoms with E-state index in [1.54, 1.807) is 11.3 Å². The summed E-state index contributed by atoms with van der Waals surface area (Å²) in [6.45, 7) is 2.26. The number of carbonyl (C=O) groups is 2. The third-order valence-corrected chi connectivity index (χ3v) is 6.80. The van der Waals surface area contributed by atoms with Crippen LogP contribution < -0.4 is 10.6 Å². The highest BCUT2D eigenvalue weighted by Crippen LogP contribution is 2.30. The van der Waals surface area contributed by atoms with Gasteiger partial charge in [-0.1, -0.05) is 43.2 Å². The maximum absolute atomic E-state index is 12.3. The lowest BCUT2D eigenvalue weighted by Gasteiger charge is -2.35. The lowest BCUT2D eigenvalue weighted by Crippen LogP contribution is -2.46. The minimum atomic E-state index is -0.522. The van der Waals surface area contributed by atoms with Crippen molar-refractivity contribution in [1.82, 2.24) is 15.5 Å². The van der Waals surface area contributed by atoms with E-state index in [-0.39, 0.29) is 12.1 Å². The highest BCUT2D eigenvalue weighted by atomic mass is 32.1. The standard InChI is InChI=1S/C22H27N3O2S/c26-21(22(27)24-18-8-3-4-9-18)23-14-19(20-10-5-13-28-20)25-12-11-16-6-1-2-7-17(16)15-25/h1-2,5-7,10,13,18-19H,3-4,8-9,11-12,14-15H2,(H,23,26)(H,24,27)/t19-/m0/s1. The Labute approximate surface area is 170 Å². The molecule has 4 rings (SSSR count). The molecule has 1 aromatic heterocycles. The number of benzene rings is 1. The molecule has 0 saturated heterocycles. The van der Waals surface area contributed by atoms with E-state index < -0.39 is 11.8 Å². The molecule has 1 aliphatic carbocycles. The van der Waals surface area contributed by atoms with Crippen molar-refractivity contribution in [3.8, 4) is 0 Å². The molecule has 1 atom stereocenters. The highest BCUT2D eigenvalue weighted by Gasteiger charge is 2.27. The van der Waals surface area contributed by atoms with Gasteiger partial charge >= 0.3 is 11.8 Å². The molecule has 6 heteroatoms. The molecule has 5 nitrogen and oxygen atoms in total. The average Bonchev–Trinajstić information content (AvgIpc) is 3.42. The maximum Gasteiger partial charge on any atom is 0.309 e. The second-order valence-electron chi connectivity index (χ2n) is 7.69. The number of carbonyl (C=O) groups excluding carboxylic acids is 2. The summed E-state index contributed by atoms with van der Waals surface area (Å²) in [6.07, 6.45) is 5.22. The van der Waals surface area contributed by atoms with Crippen molar-refractivity contribution >= 4 is 23.2 Å². The van der Waals surface area contributed by atoms with Crippen molar-refractivity contribution < 1.29 is 9.59 Å². The topological polar surface area (TPSA) is 61.4 Å². The SMILES string of the molecule is O=C(NC[C@@H](c1cccs1)N1CCc2ccccc2C1)C(=O)NC1CCCC1. The monoisotopic (exact) mass is 397 g/mol. The largest absolute Gasteiger partial charge is 0.346 e. The molecule has 148 valence electrons. The van der Waals surface area contributed by atoms with Crippen LogP contribution in [0.15, 0.2) is 41.8 Å². The maximum atomic E-state index is 12.3. The van der Waals surface area contributed by atoms with E-state index in [4.69, 9.17) is 0 Å². The molecule has 1 aromatic carbocycles. The molecule has 1 aliphatic heterocycles. The predicted octanol–water partition coefficient (Wildman–Crippen LogP) is 3.02. The van der Waals surface area contributed by atoms with Gasteiger partial charge in [-0.15, -0.1) is 11.3 Å². The Kier molecular flexibility index (Phi) is 6.07. The summed E-state index contributed by atoms with van der Waals surface area (Å²) in [6, 6.07) is 12.9. The van der Waals surface area contributed by atoms with Crippen LogP contribution in [0.1, 0.15) is 47.7 Å². The number of nitrogens with one attached hydrogen (secondary N) is 2. The summed E-state index contributed by atoms with van der Waals surface area (Å²) < 4.78 is 0. The zero-order chi connectivity index (χ0) is 19.3. The fraction of sp³-hybridized carbons (Fsp3) is 0.455. The van der Waals surface area contributed by atoms with Gasteiger partial charge in [-0.2, -0.15) is 0 Å². The number of nitrogens with zero attached hydrogens (tertiary/aromatic N) is 1. The van der Waals surface area contributed by atoms with Gasteiger partial charge in [-0.25, -0.2) is 0 Å². The third kappa shape index (κ3) is 4.45. The van der Waals surface area contributed by atoms with Crippen LogP contribution in [0.4, 0.5) is 0 Å². The highest BCUT2D eigenvalue weighted by molar-refractivity contribution is 7.10. The van der Waals surface area contributed by atoms with E-state index in [0.29, 0.717) is 6.54 Å². The first-order valence-electron chi connectivity index (χ1n) is 10.1. The van der Waals surface area contributed by atoms with Gasteiger partial charge in [0.1, 0.15) is 0 Å². The van der Waals surface area contributed by atoms with Gasteiger partial charge in [-0.3, -0.25) is 14.5 Å². The fourth-order valence-corrected chi connectivity index (χ4v) is 5.13. The average molecular weight is 398 g/mol. The van der Waals surface area contributed by atoms with Crippen molar-refractivity contribution in [1.29, 1.82) is 0 Å². The van der Waals surface area contributed by atoms with Crippen LogP contribution in [-0.2, 0) is 22.6 Å². The summed E-state index contributed by atoms with van der Waals surface area (Å²) in [5, 5.41) is 7.81. The smallest absolute Gasteiger partial charge is 0.309 e. The van der Waals surface area contributed by atoms with Crippen LogP contribution in [0.3, 0.4) is 0 Å². The van der Waals surface area contributed by atoms with Crippen LogP contribution in [-0.4, -0.2) is 35.8 Å². The molecule has 1 saturated carbocycles. The Balaban J connectivity index is 1.40. The zero-order valence-electron chi connectivity index (χ0n) is 16.0. The summed E-state index contributed by atoms with van der Waals surface area (Å²) >= 11 is 1.70. The van der Waals surface area contributed by atoms with E-state index in [1.807, 2.05) is 6.07 Å². The molecule has 2 N–H and O–H groups in total. The molecule has 0 radical (unpaired) electrons. The molecule has 0 unspecified atom stereocenters. The van der Waals surface area contributed by atoms with E-state index in [0.717, 1.165) is 45.2 Å². The second-order valence-corrected chi connectivity index (χ2v) is 8.66. The number of thiophene rings is 1. The molecular formula is C22H27N3O2S. The van der Waals surface area contributed by atoms with Crippen molar-refractivity contribution in [2.24, 2.45) is 0 Å². The minimum Gasteiger partial charge on any atom is -0.346 e. The summed E-state index contributed by atoms with van der Waals surface area (Å²) in [5.74, 6) is -1.02. The van der Waals surface area contributed by atoms with E-state index in [9.17, 15) is 9.59 Å². The molecule has 0 spiro atoms. The molecule has 0 bridgehead atoms. The van der Waals surface area contributed by atoms with Gasteiger partial charge in [0.05, 0.1) is 6.04 Å². The second kappa shape index (κ2) is 8.88. The number of amides is 2. The van der Waals surface area contributed by atoms with Crippen molar-refractivity contribution in [2.75, 3.05) is 13.1 Å². The quantitative estimate of drug-likeness (QED) is 0.763. The van der Waals surface area contributed by atoms with Gasteiger partial charge in [-0.05, 0) is 41.8 Å². The van der Waals surface area contributed by atoms with Gasteiger partial charge < -0.3 is 10.6 Å². The molecular weight excluding hydrogens is 370 g/mol. The van der Waals surface area contributed by atoms with Crippen molar-refractivity contribution in [2.45, 2.75) is 50.7 Å². The summed E-state index contributed by atoms with van der Waals surface area (Å²) in [5.41, 5.74) is 2.75. The molecule has 2 amide bonds. The Bertz CT molecular complexity index is 815. The van der Waals surface area contributed by atoms with Gasteiger partial charge in [0.2, 0.25) is 0 Å². The molecule has 2 aromatic rings. The van der Waals surface area contributed by atoms with Crippen molar-refractivity contribution in [3.63, 3.8) is 0 Å². The van der Waals surface area contributed by atoms with Crippen LogP contribution in [0.5, 0.6) is 0 Å². The number of hydrogen-bond acceptors (Lipinski definition) is 4. The Hall–Kier alpha value is -2.18. The first kappa shape index (κ1) is 19.2. The fourth-order valence-electron chi connectivity index (χ4n) is 4.26. The van der Waals surface area contributed by atoms with Crippen LogP contribution in [0.25, 0.3) is 0 Å². The number of hydrogen-bond donors (Lipinski definition) is 2. The Morgan fingerprint density at radius 1 is 1.07 bits per heavy atom. The lowest BCUT2D eigenvalue weighted by atomic mass is 9.98. The van der Waals surface area contributed by atoms with E-state index in [2.05, 4.69) is 51.2 Å². The van der Waals surface area contributed by atoms with Crippen LogP contribution in [0, 0.1) is 0 Å². The molecule has 2 heterocycles. The Morgan fingerprint density at radius 3 is 2.61 bits per heavy atom. The number of fused-ring (bicyclic) bond motifs is 1. The van der Waals surface area contributed by atoms with Crippen LogP contribution >= 0.6 is 11.3 Å². The third-order valence-electron chi connectivity index (χ3n) is 5.83. The van der Waals surface area contributed by atoms with Gasteiger partial charge in [0.25, 0.3) is 0 Å². The summed E-state index contributed by atoms with van der Waals surface area (Å²) in [4.78, 5) is 28.2. The zero-order valence-corrected chi connectivity index (χ0v) is 16.8. The molecule has 2 aliphatic rings. The number of rotatable bonds is 5.